The lowest BCUT2D eigenvalue weighted by atomic mass is 9.94. The number of fused-ring (bicyclic) bond motifs is 5. The molecule has 0 spiro atoms. The van der Waals surface area contributed by atoms with Gasteiger partial charge in [-0.05, 0) is 124 Å². The van der Waals surface area contributed by atoms with E-state index in [1.54, 1.807) is 6.20 Å². The van der Waals surface area contributed by atoms with E-state index >= 15 is 9.59 Å². The molecule has 11 amide bonds. The van der Waals surface area contributed by atoms with Crippen LogP contribution in [0.3, 0.4) is 0 Å². The van der Waals surface area contributed by atoms with Crippen LogP contribution in [-0.2, 0) is 96.2 Å². The molecule has 530 valence electrons. The Morgan fingerprint density at radius 2 is 1.28 bits per heavy atom. The monoisotopic (exact) mass is 1380 g/mol. The molecule has 0 unspecified atom stereocenters. The quantitative estimate of drug-likeness (QED) is 0.0727. The minimum absolute atomic E-state index is 0.0159. The fraction of sp³-hybridized carbons (Fsp3) is 0.409. The number of rotatable bonds is 12. The molecule has 1 fully saturated rings. The first-order chi connectivity index (χ1) is 47.7. The van der Waals surface area contributed by atoms with Crippen molar-refractivity contribution < 1.29 is 76.5 Å². The number of carbonyl (C=O) groups excluding carboxylic acids is 11. The summed E-state index contributed by atoms with van der Waals surface area (Å²) in [4.78, 5) is 183. The molecular formula is C66H78F2N18O14. The maximum Gasteiger partial charge on any atom is 0.305 e. The third-order valence-electron chi connectivity index (χ3n) is 17.5. The van der Waals surface area contributed by atoms with Crippen molar-refractivity contribution in [3.05, 3.63) is 131 Å². The van der Waals surface area contributed by atoms with Gasteiger partial charge in [-0.2, -0.15) is 0 Å². The van der Waals surface area contributed by atoms with Crippen molar-refractivity contribution in [3.8, 4) is 5.75 Å². The number of aryl methyl sites for hydroxylation is 2. The molecule has 9 atom stereocenters. The van der Waals surface area contributed by atoms with Gasteiger partial charge in [-0.3, -0.25) is 62.2 Å². The summed E-state index contributed by atoms with van der Waals surface area (Å²) < 4.78 is 31.3. The fourth-order valence-electron chi connectivity index (χ4n) is 12.1. The Morgan fingerprint density at radius 3 is 1.88 bits per heavy atom. The molecule has 4 aromatic heterocycles. The number of aliphatic carboxylic acids is 1. The van der Waals surface area contributed by atoms with Crippen molar-refractivity contribution in [2.45, 2.75) is 158 Å². The Balaban J connectivity index is 1.06. The lowest BCUT2D eigenvalue weighted by Crippen LogP contribution is -2.63. The van der Waals surface area contributed by atoms with Crippen molar-refractivity contribution in [1.82, 2.24) is 87.7 Å². The molecule has 34 heteroatoms. The smallest absolute Gasteiger partial charge is 0.305 e. The Labute approximate surface area is 569 Å². The first-order valence-electron chi connectivity index (χ1n) is 32.3. The summed E-state index contributed by atoms with van der Waals surface area (Å²) >= 11 is 0. The molecule has 0 saturated carbocycles. The number of hydrogen-bond donors (Lipinski definition) is 15. The normalized spacial score (nSPS) is 23.5. The number of hydrogen-bond acceptors (Lipinski definition) is 16. The van der Waals surface area contributed by atoms with Gasteiger partial charge in [0.25, 0.3) is 0 Å². The fourth-order valence-corrected chi connectivity index (χ4v) is 12.1. The number of nitrogens with zero attached hydrogens (tertiary/aromatic N) is 5. The van der Waals surface area contributed by atoms with E-state index in [1.807, 2.05) is 0 Å². The van der Waals surface area contributed by atoms with Crippen LogP contribution in [-0.4, -0.2) is 188 Å². The number of imidazole rings is 1. The van der Waals surface area contributed by atoms with Crippen molar-refractivity contribution in [3.63, 3.8) is 0 Å². The largest absolute Gasteiger partial charge is 0.508 e. The van der Waals surface area contributed by atoms with E-state index in [2.05, 4.69) is 78.1 Å². The van der Waals surface area contributed by atoms with E-state index < -0.39 is 169 Å². The van der Waals surface area contributed by atoms with E-state index in [1.165, 1.54) is 110 Å². The number of nitrogens with two attached hydrogens (primary N) is 1. The van der Waals surface area contributed by atoms with Crippen LogP contribution in [0.15, 0.2) is 91.8 Å². The summed E-state index contributed by atoms with van der Waals surface area (Å²) in [6.07, 6.45) is 5.61. The Kier molecular flexibility index (Phi) is 23.7. The van der Waals surface area contributed by atoms with Gasteiger partial charge in [0.2, 0.25) is 65.0 Å². The Hall–Kier alpha value is -11.6. The molecule has 2 aliphatic heterocycles. The van der Waals surface area contributed by atoms with Crippen LogP contribution in [0.4, 0.5) is 8.78 Å². The molecule has 100 heavy (non-hydrogen) atoms. The summed E-state index contributed by atoms with van der Waals surface area (Å²) in [5.41, 5.74) is 6.59. The highest BCUT2D eigenvalue weighted by molar-refractivity contribution is 6.01. The highest BCUT2D eigenvalue weighted by Crippen LogP contribution is 2.31. The number of phenols is 1. The molecule has 3 aromatic carbocycles. The van der Waals surface area contributed by atoms with E-state index in [0.717, 1.165) is 6.07 Å². The number of primary amides is 1. The standard InChI is InChI=1S/C66H78F2N18O14/c1-34-58(93)73-31-55(89)77-50(22-37-28-71-46-15-10-39(67)24-44(37)46)60(95)78-51(23-38-29-72-47-16-11-40(68)25-45(38)47)61(96)80-53(27-56(90)91)63(98)79-52(26-42-30-70-33-74-42)62(97)81-54(21-36-8-13-43(88)14-9-36)64(99)86-20-6-18-66(86,3)65(100)82-48(57(69)92)17-12-41-32-85(84-83-41)19-5-4-7-49(59(94)75-34)76-35(2)87/h8-11,13-16,24-25,28-30,32-34,48-54,71-72,88H,4-7,12,17-23,26-27,31H2,1-3H3,(H2,69,92)(H,70,74)(H,73,93)(H,75,94)(H,76,87)(H,77,89)(H,78,95)(H,79,98)(H,80,96)(H,81,97)(H,82,100)(H,90,91)/t34-,48-,49-,50-,51-,52-,53-,54-,66-/m0/s1. The number of carboxylic acids is 1. The predicted octanol–water partition coefficient (Wildman–Crippen LogP) is -0.590. The summed E-state index contributed by atoms with van der Waals surface area (Å²) in [5.74, 6) is -13.3. The van der Waals surface area contributed by atoms with E-state index in [4.69, 9.17) is 5.73 Å². The third kappa shape index (κ3) is 18.9. The van der Waals surface area contributed by atoms with Crippen LogP contribution in [0.1, 0.15) is 93.8 Å². The third-order valence-corrected chi connectivity index (χ3v) is 17.5. The molecule has 9 rings (SSSR count). The highest BCUT2D eigenvalue weighted by Gasteiger charge is 2.49. The molecular weight excluding hydrogens is 1310 g/mol. The molecule has 32 nitrogen and oxygen atoms in total. The van der Waals surface area contributed by atoms with Gasteiger partial charge >= 0.3 is 5.97 Å². The van der Waals surface area contributed by atoms with Crippen LogP contribution in [0.25, 0.3) is 21.8 Å². The second-order valence-corrected chi connectivity index (χ2v) is 25.0. The van der Waals surface area contributed by atoms with Gasteiger partial charge in [0.05, 0.1) is 25.0 Å². The van der Waals surface area contributed by atoms with Gasteiger partial charge in [0.15, 0.2) is 0 Å². The van der Waals surface area contributed by atoms with Crippen LogP contribution < -0.4 is 53.6 Å². The number of halogens is 2. The number of benzene rings is 3. The lowest BCUT2D eigenvalue weighted by molar-refractivity contribution is -0.147. The maximum atomic E-state index is 15.2. The minimum Gasteiger partial charge on any atom is -0.508 e. The summed E-state index contributed by atoms with van der Waals surface area (Å²) in [6, 6.07) is 0.639. The van der Waals surface area contributed by atoms with Crippen molar-refractivity contribution in [1.29, 1.82) is 0 Å². The lowest BCUT2D eigenvalue weighted by Gasteiger charge is -2.37. The zero-order chi connectivity index (χ0) is 71.9. The highest BCUT2D eigenvalue weighted by atomic mass is 19.1. The number of amides is 11. The van der Waals surface area contributed by atoms with E-state index in [0.29, 0.717) is 40.5 Å². The zero-order valence-electron chi connectivity index (χ0n) is 54.7. The second kappa shape index (κ2) is 32.6. The Bertz CT molecular complexity index is 4200. The Morgan fingerprint density at radius 1 is 0.680 bits per heavy atom. The topological polar surface area (TPSA) is 474 Å². The van der Waals surface area contributed by atoms with E-state index in [9.17, 15) is 66.9 Å². The molecule has 16 N–H and O–H groups in total. The number of phenolic OH excluding ortho intramolecular Hbond substituents is 1. The van der Waals surface area contributed by atoms with Gasteiger partial charge < -0.3 is 83.6 Å². The SMILES string of the molecule is CC(=O)N[C@H]1CCCCn2cc(nn2)CC[C@@H](C(N)=O)NC(=O)[C@]2(C)CCCN2C(=O)[C@H](Cc2ccc(O)cc2)NC(=O)[C@H](Cc2cnc[nH]2)NC(=O)[C@H](CC(=O)O)NC(=O)[C@H](Cc2c[nH]c3ccc(F)cc23)NC(=O)[C@H](Cc2c[nH]c3ccc(F)cc23)NC(=O)CNC(=O)[C@H](C)NC1=O. The van der Waals surface area contributed by atoms with Crippen molar-refractivity contribution in [2.24, 2.45) is 5.73 Å². The predicted molar refractivity (Wildman–Crippen MR) is 351 cm³/mol. The van der Waals surface area contributed by atoms with Crippen LogP contribution in [0.5, 0.6) is 5.75 Å². The second-order valence-electron chi connectivity index (χ2n) is 25.0. The molecule has 0 radical (unpaired) electrons. The maximum absolute atomic E-state index is 15.2. The van der Waals surface area contributed by atoms with Crippen molar-refractivity contribution >= 4 is 92.8 Å². The van der Waals surface area contributed by atoms with Gasteiger partial charge in [-0.25, -0.2) is 13.8 Å². The molecule has 2 aliphatic rings. The first-order valence-corrected chi connectivity index (χ1v) is 32.3. The molecule has 2 bridgehead atoms. The number of aromatic amines is 3. The van der Waals surface area contributed by atoms with E-state index in [-0.39, 0.29) is 79.6 Å². The number of aromatic nitrogens is 7. The van der Waals surface area contributed by atoms with Crippen LogP contribution in [0, 0.1) is 11.6 Å². The van der Waals surface area contributed by atoms with Gasteiger partial charge in [0, 0.05) is 98.0 Å². The van der Waals surface area contributed by atoms with Crippen LogP contribution in [0.2, 0.25) is 0 Å². The molecule has 1 saturated heterocycles. The average molecular weight is 1390 g/mol. The van der Waals surface area contributed by atoms with Gasteiger partial charge in [-0.1, -0.05) is 17.3 Å². The minimum atomic E-state index is -2.07. The van der Waals surface area contributed by atoms with Crippen LogP contribution >= 0.6 is 0 Å². The first kappa shape index (κ1) is 72.7. The number of carbonyl (C=O) groups is 12. The summed E-state index contributed by atoms with van der Waals surface area (Å²) in [7, 11) is 0. The molecule has 0 aliphatic carbocycles. The average Bonchev–Trinajstić information content (AvgIpc) is 1.60. The number of carboxylic acid groups (broad SMARTS) is 1. The van der Waals surface area contributed by atoms with Gasteiger partial charge in [0.1, 0.15) is 71.3 Å². The zero-order valence-corrected chi connectivity index (χ0v) is 54.7. The number of nitrogens with one attached hydrogen (secondary N) is 12. The van der Waals surface area contributed by atoms with Crippen molar-refractivity contribution in [2.75, 3.05) is 13.1 Å². The number of aromatic hydroxyl groups is 1. The number of H-pyrrole nitrogens is 3. The van der Waals surface area contributed by atoms with Gasteiger partial charge in [-0.15, -0.1) is 5.10 Å². The summed E-state index contributed by atoms with van der Waals surface area (Å²) in [6.45, 7) is 3.47. The molecule has 7 aromatic rings. The summed E-state index contributed by atoms with van der Waals surface area (Å²) in [5, 5.41) is 52.4. The molecule has 6 heterocycles.